The van der Waals surface area contributed by atoms with Crippen LogP contribution in [0.25, 0.3) is 0 Å². The van der Waals surface area contributed by atoms with Crippen molar-refractivity contribution in [3.05, 3.63) is 34.9 Å². The largest absolute Gasteiger partial charge is 0.356 e. The molecule has 1 N–H and O–H groups in total. The minimum absolute atomic E-state index is 0.125. The van der Waals surface area contributed by atoms with Crippen LogP contribution < -0.4 is 5.32 Å². The molecule has 1 aromatic rings. The normalized spacial score (nSPS) is 12.2. The zero-order valence-corrected chi connectivity index (χ0v) is 13.7. The first kappa shape index (κ1) is 16.2. The van der Waals surface area contributed by atoms with Gasteiger partial charge in [0.1, 0.15) is 0 Å². The molecule has 1 unspecified atom stereocenters. The van der Waals surface area contributed by atoms with E-state index in [0.717, 1.165) is 30.3 Å². The van der Waals surface area contributed by atoms with Crippen molar-refractivity contribution < 1.29 is 4.79 Å². The number of hydrogen-bond acceptors (Lipinski definition) is 1. The molecule has 0 saturated heterocycles. The Balaban J connectivity index is 2.33. The highest BCUT2D eigenvalue weighted by atomic mass is 79.9. The summed E-state index contributed by atoms with van der Waals surface area (Å²) in [6, 6.07) is 6.26. The minimum atomic E-state index is 0.125. The van der Waals surface area contributed by atoms with Crippen LogP contribution in [-0.2, 0) is 11.2 Å². The molecule has 0 spiro atoms. The number of nitrogens with one attached hydrogen (secondary N) is 1. The average Bonchev–Trinajstić information content (AvgIpc) is 2.38. The molecule has 19 heavy (non-hydrogen) atoms. The second kappa shape index (κ2) is 8.36. The van der Waals surface area contributed by atoms with Gasteiger partial charge in [0.15, 0.2) is 0 Å². The number of carbonyl (C=O) groups excluding carboxylic acids is 1. The maximum absolute atomic E-state index is 11.9. The van der Waals surface area contributed by atoms with Crippen LogP contribution in [0.1, 0.15) is 36.5 Å². The van der Waals surface area contributed by atoms with Crippen LogP contribution in [0, 0.1) is 19.8 Å². The van der Waals surface area contributed by atoms with Crippen molar-refractivity contribution in [2.24, 2.45) is 5.92 Å². The summed E-state index contributed by atoms with van der Waals surface area (Å²) < 4.78 is 0. The lowest BCUT2D eigenvalue weighted by molar-refractivity contribution is -0.120. The van der Waals surface area contributed by atoms with Crippen molar-refractivity contribution in [1.82, 2.24) is 5.32 Å². The predicted octanol–water partition coefficient (Wildman–Crippen LogP) is 3.77. The molecule has 0 heterocycles. The molecule has 106 valence electrons. The molecule has 1 rings (SSSR count). The molecule has 0 fully saturated rings. The summed E-state index contributed by atoms with van der Waals surface area (Å²) in [4.78, 5) is 11.9. The maximum Gasteiger partial charge on any atom is 0.224 e. The fourth-order valence-corrected chi connectivity index (χ4v) is 2.31. The predicted molar refractivity (Wildman–Crippen MR) is 84.8 cm³/mol. The van der Waals surface area contributed by atoms with E-state index in [1.807, 2.05) is 0 Å². The molecular formula is C16H24BrNO. The minimum Gasteiger partial charge on any atom is -0.356 e. The Morgan fingerprint density at radius 2 is 2.11 bits per heavy atom. The second-order valence-electron chi connectivity index (χ2n) is 5.36. The van der Waals surface area contributed by atoms with Crippen molar-refractivity contribution in [2.45, 2.75) is 40.0 Å². The van der Waals surface area contributed by atoms with Crippen LogP contribution >= 0.6 is 15.9 Å². The Bertz CT molecular complexity index is 417. The summed E-state index contributed by atoms with van der Waals surface area (Å²) >= 11 is 3.47. The van der Waals surface area contributed by atoms with Crippen LogP contribution in [0.3, 0.4) is 0 Å². The molecule has 1 amide bonds. The highest BCUT2D eigenvalue weighted by Gasteiger charge is 2.06. The van der Waals surface area contributed by atoms with Gasteiger partial charge in [-0.25, -0.2) is 0 Å². The van der Waals surface area contributed by atoms with E-state index in [1.165, 1.54) is 11.1 Å². The van der Waals surface area contributed by atoms with Crippen molar-refractivity contribution in [3.63, 3.8) is 0 Å². The van der Waals surface area contributed by atoms with E-state index in [4.69, 9.17) is 0 Å². The van der Waals surface area contributed by atoms with Crippen molar-refractivity contribution in [3.8, 4) is 0 Å². The number of carbonyl (C=O) groups is 1. The molecule has 0 radical (unpaired) electrons. The standard InChI is InChI=1S/C16H24BrNO/c1-12-6-7-14(3)15(9-12)10-16(19)18-8-4-5-13(2)11-17/h6-7,9,13H,4-5,8,10-11H2,1-3H3,(H,18,19). The highest BCUT2D eigenvalue weighted by molar-refractivity contribution is 9.09. The summed E-state index contributed by atoms with van der Waals surface area (Å²) in [5, 5.41) is 4.03. The summed E-state index contributed by atoms with van der Waals surface area (Å²) in [7, 11) is 0. The van der Waals surface area contributed by atoms with Gasteiger partial charge in [0, 0.05) is 11.9 Å². The number of hydrogen-bond donors (Lipinski definition) is 1. The Labute approximate surface area is 125 Å². The Morgan fingerprint density at radius 1 is 1.37 bits per heavy atom. The summed E-state index contributed by atoms with van der Waals surface area (Å²) in [5.41, 5.74) is 3.53. The van der Waals surface area contributed by atoms with Gasteiger partial charge in [-0.2, -0.15) is 0 Å². The number of halogens is 1. The molecule has 1 atom stereocenters. The van der Waals surface area contributed by atoms with Crippen LogP contribution in [0.15, 0.2) is 18.2 Å². The van der Waals surface area contributed by atoms with E-state index in [9.17, 15) is 4.79 Å². The van der Waals surface area contributed by atoms with Crippen molar-refractivity contribution in [1.29, 1.82) is 0 Å². The number of rotatable bonds is 7. The fraction of sp³-hybridized carbons (Fsp3) is 0.562. The first-order valence-corrected chi connectivity index (χ1v) is 8.04. The SMILES string of the molecule is Cc1ccc(C)c(CC(=O)NCCCC(C)CBr)c1. The topological polar surface area (TPSA) is 29.1 Å². The van der Waals surface area contributed by atoms with Gasteiger partial charge in [-0.15, -0.1) is 0 Å². The van der Waals surface area contributed by atoms with Gasteiger partial charge in [0.25, 0.3) is 0 Å². The molecule has 0 aliphatic carbocycles. The number of alkyl halides is 1. The first-order chi connectivity index (χ1) is 9.02. The monoisotopic (exact) mass is 325 g/mol. The van der Waals surface area contributed by atoms with Crippen LogP contribution in [-0.4, -0.2) is 17.8 Å². The van der Waals surface area contributed by atoms with Gasteiger partial charge in [-0.1, -0.05) is 46.6 Å². The van der Waals surface area contributed by atoms with E-state index >= 15 is 0 Å². The van der Waals surface area contributed by atoms with E-state index in [-0.39, 0.29) is 5.91 Å². The van der Waals surface area contributed by atoms with E-state index in [0.29, 0.717) is 12.3 Å². The molecule has 0 aromatic heterocycles. The molecular weight excluding hydrogens is 302 g/mol. The summed E-state index contributed by atoms with van der Waals surface area (Å²) in [6.07, 6.45) is 2.68. The summed E-state index contributed by atoms with van der Waals surface area (Å²) in [6.45, 7) is 7.11. The number of aryl methyl sites for hydroxylation is 2. The van der Waals surface area contributed by atoms with Crippen LogP contribution in [0.4, 0.5) is 0 Å². The number of amides is 1. The smallest absolute Gasteiger partial charge is 0.224 e. The zero-order chi connectivity index (χ0) is 14.3. The average molecular weight is 326 g/mol. The third-order valence-corrected chi connectivity index (χ3v) is 4.42. The molecule has 0 aliphatic rings. The van der Waals surface area contributed by atoms with Gasteiger partial charge >= 0.3 is 0 Å². The van der Waals surface area contributed by atoms with Gasteiger partial charge in [0.05, 0.1) is 6.42 Å². The fourth-order valence-electron chi connectivity index (χ4n) is 1.98. The summed E-state index contributed by atoms with van der Waals surface area (Å²) in [5.74, 6) is 0.802. The quantitative estimate of drug-likeness (QED) is 0.600. The Kier molecular flexibility index (Phi) is 7.14. The third-order valence-electron chi connectivity index (χ3n) is 3.31. The van der Waals surface area contributed by atoms with Gasteiger partial charge < -0.3 is 5.32 Å². The lowest BCUT2D eigenvalue weighted by Crippen LogP contribution is -2.26. The van der Waals surface area contributed by atoms with E-state index in [1.54, 1.807) is 0 Å². The molecule has 2 nitrogen and oxygen atoms in total. The van der Waals surface area contributed by atoms with Gasteiger partial charge in [-0.3, -0.25) is 4.79 Å². The van der Waals surface area contributed by atoms with Crippen molar-refractivity contribution in [2.75, 3.05) is 11.9 Å². The van der Waals surface area contributed by atoms with Crippen molar-refractivity contribution >= 4 is 21.8 Å². The van der Waals surface area contributed by atoms with E-state index < -0.39 is 0 Å². The van der Waals surface area contributed by atoms with Gasteiger partial charge in [0.2, 0.25) is 5.91 Å². The lowest BCUT2D eigenvalue weighted by Gasteiger charge is -2.10. The highest BCUT2D eigenvalue weighted by Crippen LogP contribution is 2.11. The molecule has 3 heteroatoms. The third kappa shape index (κ3) is 6.24. The molecule has 0 bridgehead atoms. The lowest BCUT2D eigenvalue weighted by atomic mass is 10.0. The molecule has 1 aromatic carbocycles. The van der Waals surface area contributed by atoms with Crippen LogP contribution in [0.2, 0.25) is 0 Å². The van der Waals surface area contributed by atoms with Gasteiger partial charge in [-0.05, 0) is 43.7 Å². The Hall–Kier alpha value is -0.830. The first-order valence-electron chi connectivity index (χ1n) is 6.91. The van der Waals surface area contributed by atoms with Crippen LogP contribution in [0.5, 0.6) is 0 Å². The van der Waals surface area contributed by atoms with E-state index in [2.05, 4.69) is 60.2 Å². The maximum atomic E-state index is 11.9. The Morgan fingerprint density at radius 3 is 2.79 bits per heavy atom. The molecule has 0 aliphatic heterocycles. The number of benzene rings is 1. The second-order valence-corrected chi connectivity index (χ2v) is 6.01. The zero-order valence-electron chi connectivity index (χ0n) is 12.1. The molecule has 0 saturated carbocycles.